The van der Waals surface area contributed by atoms with Crippen LogP contribution in [-0.4, -0.2) is 0 Å². The summed E-state index contributed by atoms with van der Waals surface area (Å²) in [5.41, 5.74) is 3.88. The van der Waals surface area contributed by atoms with Crippen LogP contribution in [0.5, 0.6) is 0 Å². The van der Waals surface area contributed by atoms with Gasteiger partial charge in [-0.3, -0.25) is 0 Å². The van der Waals surface area contributed by atoms with E-state index < -0.39 is 0 Å². The lowest BCUT2D eigenvalue weighted by atomic mass is 10.1. The Hall–Kier alpha value is -3.26. The molecule has 2 heteroatoms. The lowest BCUT2D eigenvalue weighted by Gasteiger charge is -2.10. The minimum Gasteiger partial charge on any atom is -0.454 e. The maximum atomic E-state index is 6.11. The van der Waals surface area contributed by atoms with Crippen LogP contribution in [0.15, 0.2) is 89.3 Å². The average Bonchev–Trinajstić information content (AvgIpc) is 3.02. The van der Waals surface area contributed by atoms with E-state index in [4.69, 9.17) is 4.42 Å². The molecule has 1 N–H and O–H groups in total. The van der Waals surface area contributed by atoms with Gasteiger partial charge in [0.25, 0.3) is 0 Å². The normalized spacial score (nSPS) is 11.3. The third-order valence-corrected chi connectivity index (χ3v) is 4.46. The average molecular weight is 309 g/mol. The van der Waals surface area contributed by atoms with Crippen molar-refractivity contribution >= 4 is 44.1 Å². The van der Waals surface area contributed by atoms with E-state index in [1.54, 1.807) is 0 Å². The molecule has 24 heavy (non-hydrogen) atoms. The highest BCUT2D eigenvalue weighted by atomic mass is 16.3. The molecule has 0 radical (unpaired) electrons. The lowest BCUT2D eigenvalue weighted by Crippen LogP contribution is -1.91. The molecule has 0 aliphatic rings. The minimum absolute atomic E-state index is 0.895. The van der Waals surface area contributed by atoms with Crippen LogP contribution in [-0.2, 0) is 0 Å². The van der Waals surface area contributed by atoms with Crippen LogP contribution in [0.2, 0.25) is 0 Å². The molecule has 114 valence electrons. The van der Waals surface area contributed by atoms with Gasteiger partial charge in [0.2, 0.25) is 0 Å². The van der Waals surface area contributed by atoms with Gasteiger partial charge in [-0.25, -0.2) is 0 Å². The Morgan fingerprint density at radius 3 is 2.17 bits per heavy atom. The van der Waals surface area contributed by atoms with Crippen LogP contribution >= 0.6 is 0 Å². The first kappa shape index (κ1) is 13.2. The highest BCUT2D eigenvalue weighted by Crippen LogP contribution is 2.35. The maximum Gasteiger partial charge on any atom is 0.158 e. The lowest BCUT2D eigenvalue weighted by molar-refractivity contribution is 0.670. The predicted octanol–water partition coefficient (Wildman–Crippen LogP) is 6.48. The number of hydrogen-bond acceptors (Lipinski definition) is 2. The van der Waals surface area contributed by atoms with Crippen LogP contribution in [0.1, 0.15) is 0 Å². The molecule has 0 unspecified atom stereocenters. The largest absolute Gasteiger partial charge is 0.454 e. The number of hydrogen-bond donors (Lipinski definition) is 1. The van der Waals surface area contributed by atoms with E-state index >= 15 is 0 Å². The van der Waals surface area contributed by atoms with Crippen molar-refractivity contribution in [3.63, 3.8) is 0 Å². The zero-order valence-corrected chi connectivity index (χ0v) is 13.0. The molecule has 0 bridgehead atoms. The van der Waals surface area contributed by atoms with Crippen molar-refractivity contribution in [1.29, 1.82) is 0 Å². The third-order valence-electron chi connectivity index (χ3n) is 4.46. The smallest absolute Gasteiger partial charge is 0.158 e. The van der Waals surface area contributed by atoms with Crippen molar-refractivity contribution in [2.45, 2.75) is 0 Å². The van der Waals surface area contributed by atoms with Crippen molar-refractivity contribution in [1.82, 2.24) is 0 Å². The molecule has 0 spiro atoms. The summed E-state index contributed by atoms with van der Waals surface area (Å²) >= 11 is 0. The highest BCUT2D eigenvalue weighted by molar-refractivity contribution is 6.09. The van der Waals surface area contributed by atoms with Crippen LogP contribution in [0.3, 0.4) is 0 Å². The molecule has 5 aromatic rings. The van der Waals surface area contributed by atoms with Crippen LogP contribution < -0.4 is 5.32 Å². The van der Waals surface area contributed by atoms with Gasteiger partial charge in [0.15, 0.2) is 5.58 Å². The second-order valence-corrected chi connectivity index (χ2v) is 5.93. The summed E-state index contributed by atoms with van der Waals surface area (Å²) < 4.78 is 6.11. The summed E-state index contributed by atoms with van der Waals surface area (Å²) in [7, 11) is 0. The summed E-state index contributed by atoms with van der Waals surface area (Å²) in [5.74, 6) is 0. The van der Waals surface area contributed by atoms with Crippen molar-refractivity contribution in [3.8, 4) is 0 Å². The predicted molar refractivity (Wildman–Crippen MR) is 101 cm³/mol. The Morgan fingerprint density at radius 2 is 1.21 bits per heavy atom. The van der Waals surface area contributed by atoms with Gasteiger partial charge in [0.1, 0.15) is 5.58 Å². The van der Waals surface area contributed by atoms with E-state index in [2.05, 4.69) is 72.0 Å². The van der Waals surface area contributed by atoms with Crippen molar-refractivity contribution in [2.75, 3.05) is 5.32 Å². The van der Waals surface area contributed by atoms with Gasteiger partial charge >= 0.3 is 0 Å². The number of nitrogens with one attached hydrogen (secondary N) is 1. The molecule has 0 fully saturated rings. The fourth-order valence-corrected chi connectivity index (χ4v) is 3.33. The zero-order valence-electron chi connectivity index (χ0n) is 13.0. The molecule has 0 aliphatic carbocycles. The van der Waals surface area contributed by atoms with Gasteiger partial charge in [-0.1, -0.05) is 66.7 Å². The van der Waals surface area contributed by atoms with Gasteiger partial charge in [-0.15, -0.1) is 0 Å². The number of furan rings is 1. The maximum absolute atomic E-state index is 6.11. The molecule has 1 aromatic heterocycles. The molecule has 0 aliphatic heterocycles. The quantitative estimate of drug-likeness (QED) is 0.403. The Kier molecular flexibility index (Phi) is 2.83. The van der Waals surface area contributed by atoms with Crippen molar-refractivity contribution < 1.29 is 4.42 Å². The molecular formula is C22H15NO. The molecule has 0 saturated carbocycles. The Bertz CT molecular complexity index is 1180. The van der Waals surface area contributed by atoms with E-state index in [0.29, 0.717) is 0 Å². The molecule has 0 atom stereocenters. The first-order chi connectivity index (χ1) is 11.9. The Labute approximate surface area is 139 Å². The minimum atomic E-state index is 0.895. The Morgan fingerprint density at radius 1 is 0.542 bits per heavy atom. The van der Waals surface area contributed by atoms with E-state index in [0.717, 1.165) is 33.3 Å². The summed E-state index contributed by atoms with van der Waals surface area (Å²) in [6.07, 6.45) is 0. The molecular weight excluding hydrogens is 294 g/mol. The summed E-state index contributed by atoms with van der Waals surface area (Å²) in [4.78, 5) is 0. The van der Waals surface area contributed by atoms with Gasteiger partial charge < -0.3 is 9.73 Å². The fraction of sp³-hybridized carbons (Fsp3) is 0. The monoisotopic (exact) mass is 309 g/mol. The van der Waals surface area contributed by atoms with Crippen LogP contribution in [0.4, 0.5) is 11.4 Å². The fourth-order valence-electron chi connectivity index (χ4n) is 3.33. The summed E-state index contributed by atoms with van der Waals surface area (Å²) in [5, 5.41) is 8.26. The van der Waals surface area contributed by atoms with Crippen molar-refractivity contribution in [2.24, 2.45) is 0 Å². The van der Waals surface area contributed by atoms with Gasteiger partial charge in [0.05, 0.1) is 5.69 Å². The van der Waals surface area contributed by atoms with Crippen molar-refractivity contribution in [3.05, 3.63) is 84.9 Å². The number of benzene rings is 4. The summed E-state index contributed by atoms with van der Waals surface area (Å²) in [6.45, 7) is 0. The molecule has 2 nitrogen and oxygen atoms in total. The molecule has 1 heterocycles. The molecule has 0 saturated heterocycles. The van der Waals surface area contributed by atoms with E-state index in [9.17, 15) is 0 Å². The van der Waals surface area contributed by atoms with Crippen LogP contribution in [0, 0.1) is 0 Å². The topological polar surface area (TPSA) is 25.2 Å². The highest BCUT2D eigenvalue weighted by Gasteiger charge is 2.11. The van der Waals surface area contributed by atoms with Crippen LogP contribution in [0.25, 0.3) is 32.7 Å². The molecule has 0 amide bonds. The van der Waals surface area contributed by atoms with E-state index in [1.807, 2.05) is 18.2 Å². The number of rotatable bonds is 2. The van der Waals surface area contributed by atoms with Gasteiger partial charge in [0, 0.05) is 21.8 Å². The number of anilines is 2. The first-order valence-electron chi connectivity index (χ1n) is 8.05. The zero-order chi connectivity index (χ0) is 15.9. The first-order valence-corrected chi connectivity index (χ1v) is 8.05. The van der Waals surface area contributed by atoms with E-state index in [-0.39, 0.29) is 0 Å². The number of fused-ring (bicyclic) bond motifs is 4. The van der Waals surface area contributed by atoms with Gasteiger partial charge in [-0.05, 0) is 23.6 Å². The van der Waals surface area contributed by atoms with Gasteiger partial charge in [-0.2, -0.15) is 0 Å². The number of para-hydroxylation sites is 2. The van der Waals surface area contributed by atoms with E-state index in [1.165, 1.54) is 10.8 Å². The SMILES string of the molecule is c1ccc2c(Nc3cccc4c3oc3ccccc34)cccc2c1. The second kappa shape index (κ2) is 5.14. The molecule has 5 rings (SSSR count). The second-order valence-electron chi connectivity index (χ2n) is 5.93. The third kappa shape index (κ3) is 1.97. The summed E-state index contributed by atoms with van der Waals surface area (Å²) in [6, 6.07) is 29.1. The Balaban J connectivity index is 1.72. The molecule has 4 aromatic carbocycles. The standard InChI is InChI=1S/C22H15NO/c1-2-9-16-15(7-1)8-5-12-19(16)23-20-13-6-11-18-17-10-3-4-14-21(17)24-22(18)20/h1-14,23H.